The molecule has 2 N–H and O–H groups in total. The number of anilines is 3. The Labute approximate surface area is 270 Å². The summed E-state index contributed by atoms with van der Waals surface area (Å²) < 4.78 is 29.5. The SMILES string of the molecule is COC(=O)CC(C(=O)OC)N1CCN(C(=O)C=CCNc2cc3c(Nc4ccc(F)c(Cl)c4)ncnc3cc2OC2CCC2)CC1. The largest absolute Gasteiger partial charge is 0.488 e. The number of ether oxygens (including phenoxy) is 3. The quantitative estimate of drug-likeness (QED) is 0.214. The van der Waals surface area contributed by atoms with Gasteiger partial charge in [-0.3, -0.25) is 19.3 Å². The molecule has 2 fully saturated rings. The molecule has 1 unspecified atom stereocenters. The van der Waals surface area contributed by atoms with Crippen LogP contribution >= 0.6 is 11.6 Å². The predicted molar refractivity (Wildman–Crippen MR) is 171 cm³/mol. The molecule has 12 nitrogen and oxygen atoms in total. The fourth-order valence-electron chi connectivity index (χ4n) is 5.22. The number of amides is 1. The van der Waals surface area contributed by atoms with E-state index >= 15 is 0 Å². The predicted octanol–water partition coefficient (Wildman–Crippen LogP) is 4.31. The van der Waals surface area contributed by atoms with Gasteiger partial charge in [0.1, 0.15) is 29.8 Å². The highest BCUT2D eigenvalue weighted by Crippen LogP contribution is 2.36. The minimum atomic E-state index is -0.762. The molecule has 1 saturated carbocycles. The lowest BCUT2D eigenvalue weighted by atomic mass is 9.96. The van der Waals surface area contributed by atoms with Gasteiger partial charge in [-0.2, -0.15) is 0 Å². The average molecular weight is 655 g/mol. The first-order chi connectivity index (χ1) is 22.2. The van der Waals surface area contributed by atoms with E-state index in [1.165, 1.54) is 38.8 Å². The number of aromatic nitrogens is 2. The maximum atomic E-state index is 13.7. The van der Waals surface area contributed by atoms with E-state index in [1.54, 1.807) is 17.0 Å². The van der Waals surface area contributed by atoms with Crippen molar-refractivity contribution in [2.45, 2.75) is 37.8 Å². The summed E-state index contributed by atoms with van der Waals surface area (Å²) in [7, 11) is 2.55. The molecule has 0 bridgehead atoms. The van der Waals surface area contributed by atoms with Gasteiger partial charge in [0.15, 0.2) is 0 Å². The van der Waals surface area contributed by atoms with E-state index in [4.69, 9.17) is 25.8 Å². The summed E-state index contributed by atoms with van der Waals surface area (Å²) in [6, 6.07) is 7.32. The van der Waals surface area contributed by atoms with E-state index in [0.29, 0.717) is 66.6 Å². The molecule has 3 aromatic rings. The number of carbonyl (C=O) groups excluding carboxylic acids is 3. The Morgan fingerprint density at radius 1 is 1.09 bits per heavy atom. The molecule has 1 atom stereocenters. The normalized spacial score (nSPS) is 16.1. The molecule has 244 valence electrons. The third-order valence-electron chi connectivity index (χ3n) is 8.06. The van der Waals surface area contributed by atoms with E-state index in [1.807, 2.05) is 17.0 Å². The van der Waals surface area contributed by atoms with Crippen molar-refractivity contribution in [3.05, 3.63) is 59.7 Å². The Balaban J connectivity index is 1.24. The van der Waals surface area contributed by atoms with Crippen LogP contribution in [-0.4, -0.2) is 96.7 Å². The lowest BCUT2D eigenvalue weighted by Gasteiger charge is -2.37. The maximum absolute atomic E-state index is 13.7. The lowest BCUT2D eigenvalue weighted by molar-refractivity contribution is -0.154. The van der Waals surface area contributed by atoms with E-state index in [2.05, 4.69) is 20.6 Å². The van der Waals surface area contributed by atoms with Crippen LogP contribution < -0.4 is 15.4 Å². The van der Waals surface area contributed by atoms with Crippen LogP contribution in [0.2, 0.25) is 5.02 Å². The van der Waals surface area contributed by atoms with Crippen molar-refractivity contribution < 1.29 is 33.0 Å². The summed E-state index contributed by atoms with van der Waals surface area (Å²) in [6.07, 6.45) is 7.77. The summed E-state index contributed by atoms with van der Waals surface area (Å²) in [6.45, 7) is 1.95. The Morgan fingerprint density at radius 3 is 2.54 bits per heavy atom. The second-order valence-electron chi connectivity index (χ2n) is 11.0. The Bertz CT molecular complexity index is 1610. The van der Waals surface area contributed by atoms with Crippen molar-refractivity contribution in [2.24, 2.45) is 0 Å². The number of nitrogens with one attached hydrogen (secondary N) is 2. The summed E-state index contributed by atoms with van der Waals surface area (Å²) >= 11 is 5.97. The summed E-state index contributed by atoms with van der Waals surface area (Å²) in [5.74, 6) is -0.534. The highest BCUT2D eigenvalue weighted by atomic mass is 35.5. The molecular formula is C32H36ClFN6O6. The Kier molecular flexibility index (Phi) is 10.9. The second-order valence-corrected chi connectivity index (χ2v) is 11.4. The molecule has 1 aromatic heterocycles. The monoisotopic (exact) mass is 654 g/mol. The average Bonchev–Trinajstić information content (AvgIpc) is 3.05. The van der Waals surface area contributed by atoms with Crippen molar-refractivity contribution in [3.63, 3.8) is 0 Å². The zero-order valence-electron chi connectivity index (χ0n) is 25.6. The van der Waals surface area contributed by atoms with E-state index < -0.39 is 23.8 Å². The molecule has 1 saturated heterocycles. The van der Waals surface area contributed by atoms with Gasteiger partial charge in [0.25, 0.3) is 0 Å². The number of piperazine rings is 1. The third-order valence-corrected chi connectivity index (χ3v) is 8.35. The molecule has 1 aliphatic carbocycles. The van der Waals surface area contributed by atoms with Gasteiger partial charge in [-0.25, -0.2) is 14.4 Å². The number of esters is 2. The first-order valence-corrected chi connectivity index (χ1v) is 15.4. The number of rotatable bonds is 12. The van der Waals surface area contributed by atoms with Crippen molar-refractivity contribution in [2.75, 3.05) is 57.6 Å². The third kappa shape index (κ3) is 8.01. The van der Waals surface area contributed by atoms with E-state index in [9.17, 15) is 18.8 Å². The molecule has 0 radical (unpaired) electrons. The van der Waals surface area contributed by atoms with Crippen molar-refractivity contribution >= 4 is 57.5 Å². The first kappa shape index (κ1) is 32.9. The maximum Gasteiger partial charge on any atom is 0.323 e. The topological polar surface area (TPSA) is 135 Å². The van der Waals surface area contributed by atoms with Gasteiger partial charge in [0.2, 0.25) is 5.91 Å². The van der Waals surface area contributed by atoms with Crippen LogP contribution in [0.15, 0.2) is 48.8 Å². The molecule has 2 aliphatic rings. The van der Waals surface area contributed by atoms with Crippen LogP contribution in [0.1, 0.15) is 25.7 Å². The van der Waals surface area contributed by atoms with Crippen molar-refractivity contribution in [1.29, 1.82) is 0 Å². The summed E-state index contributed by atoms with van der Waals surface area (Å²) in [5.41, 5.74) is 1.94. The summed E-state index contributed by atoms with van der Waals surface area (Å²) in [5, 5.41) is 7.24. The fraction of sp³-hybridized carbons (Fsp3) is 0.406. The van der Waals surface area contributed by atoms with Crippen LogP contribution in [0.5, 0.6) is 5.75 Å². The van der Waals surface area contributed by atoms with Crippen molar-refractivity contribution in [3.8, 4) is 5.75 Å². The van der Waals surface area contributed by atoms with Crippen LogP contribution in [0.3, 0.4) is 0 Å². The van der Waals surface area contributed by atoms with Gasteiger partial charge in [0.05, 0.1) is 43.0 Å². The van der Waals surface area contributed by atoms with Gasteiger partial charge in [-0.1, -0.05) is 17.7 Å². The molecule has 2 heterocycles. The molecule has 0 spiro atoms. The molecule has 1 amide bonds. The smallest absolute Gasteiger partial charge is 0.323 e. The number of halogens is 2. The second kappa shape index (κ2) is 15.2. The molecule has 46 heavy (non-hydrogen) atoms. The highest BCUT2D eigenvalue weighted by molar-refractivity contribution is 6.31. The van der Waals surface area contributed by atoms with Gasteiger partial charge in [-0.05, 0) is 43.5 Å². The zero-order valence-corrected chi connectivity index (χ0v) is 26.4. The number of nitrogens with zero attached hydrogens (tertiary/aromatic N) is 4. The molecule has 2 aromatic carbocycles. The zero-order chi connectivity index (χ0) is 32.6. The van der Waals surface area contributed by atoms with Crippen LogP contribution in [0, 0.1) is 5.82 Å². The first-order valence-electron chi connectivity index (χ1n) is 15.0. The molecule has 14 heteroatoms. The number of carbonyl (C=O) groups is 3. The molecule has 5 rings (SSSR count). The van der Waals surface area contributed by atoms with Gasteiger partial charge < -0.3 is 29.7 Å². The minimum absolute atomic E-state index is 0.00549. The number of methoxy groups -OCH3 is 2. The Morgan fingerprint density at radius 2 is 1.87 bits per heavy atom. The van der Waals surface area contributed by atoms with Gasteiger partial charge >= 0.3 is 11.9 Å². The van der Waals surface area contributed by atoms with Crippen molar-refractivity contribution in [1.82, 2.24) is 19.8 Å². The highest BCUT2D eigenvalue weighted by Gasteiger charge is 2.32. The van der Waals surface area contributed by atoms with Gasteiger partial charge in [0, 0.05) is 55.9 Å². The van der Waals surface area contributed by atoms with Gasteiger partial charge in [-0.15, -0.1) is 0 Å². The van der Waals surface area contributed by atoms with Crippen LogP contribution in [-0.2, 0) is 23.9 Å². The van der Waals surface area contributed by atoms with Crippen LogP contribution in [0.4, 0.5) is 21.6 Å². The van der Waals surface area contributed by atoms with E-state index in [-0.39, 0.29) is 23.5 Å². The Hall–Kier alpha value is -4.49. The number of hydrogen-bond acceptors (Lipinski definition) is 11. The summed E-state index contributed by atoms with van der Waals surface area (Å²) in [4.78, 5) is 49.4. The lowest BCUT2D eigenvalue weighted by Crippen LogP contribution is -2.54. The fourth-order valence-corrected chi connectivity index (χ4v) is 5.41. The van der Waals surface area contributed by atoms with Crippen LogP contribution in [0.25, 0.3) is 10.9 Å². The number of hydrogen-bond donors (Lipinski definition) is 2. The minimum Gasteiger partial charge on any atom is -0.488 e. The number of benzene rings is 2. The molecular weight excluding hydrogens is 619 g/mol. The number of fused-ring (bicyclic) bond motifs is 1. The van der Waals surface area contributed by atoms with E-state index in [0.717, 1.165) is 19.3 Å². The standard InChI is InChI=1S/C32H36ClFN6O6/c1-44-30(42)18-27(32(43)45-2)39-11-13-40(14-12-39)29(41)7-4-10-35-26-16-22-25(17-28(26)46-21-5-3-6-21)36-19-37-31(22)38-20-8-9-24(34)23(33)15-20/h4,7-9,15-17,19,21,27,35H,3,5-6,10-14,18H2,1-2H3,(H,36,37,38). The molecule has 1 aliphatic heterocycles.